The van der Waals surface area contributed by atoms with Crippen LogP contribution in [0.4, 0.5) is 8.78 Å². The number of benzene rings is 2. The first-order valence-corrected chi connectivity index (χ1v) is 5.92. The molecule has 4 heteroatoms. The minimum Gasteiger partial charge on any atom is -0.494 e. The molecule has 0 radical (unpaired) electrons. The number of nitrogens with one attached hydrogen (secondary N) is 1. The minimum atomic E-state index is -0.461. The van der Waals surface area contributed by atoms with E-state index in [1.807, 2.05) is 0 Å². The van der Waals surface area contributed by atoms with Gasteiger partial charge in [-0.15, -0.1) is 0 Å². The molecular weight excluding hydrogens is 248 g/mol. The molecule has 2 aromatic rings. The number of hydrogen-bond donors (Lipinski definition) is 1. The van der Waals surface area contributed by atoms with Crippen LogP contribution in [0.5, 0.6) is 5.75 Å². The highest BCUT2D eigenvalue weighted by Gasteiger charge is 2.17. The standard InChI is InChI=1S/C15H15F2NO/c1-18-15(11-5-3-4-6-12(11)16)10-7-8-14(19-2)13(17)9-10/h3-9,15,18H,1-2H3. The van der Waals surface area contributed by atoms with Crippen molar-refractivity contribution in [1.29, 1.82) is 0 Å². The fourth-order valence-electron chi connectivity index (χ4n) is 2.07. The molecule has 0 saturated heterocycles. The maximum Gasteiger partial charge on any atom is 0.165 e. The molecule has 0 aromatic heterocycles. The minimum absolute atomic E-state index is 0.173. The summed E-state index contributed by atoms with van der Waals surface area (Å²) in [5.74, 6) is -0.609. The molecular formula is C15H15F2NO. The average molecular weight is 263 g/mol. The SMILES string of the molecule is CNC(c1ccc(OC)c(F)c1)c1ccccc1F. The Balaban J connectivity index is 2.43. The van der Waals surface area contributed by atoms with E-state index in [-0.39, 0.29) is 11.6 Å². The summed E-state index contributed by atoms with van der Waals surface area (Å²) in [5.41, 5.74) is 1.13. The summed E-state index contributed by atoms with van der Waals surface area (Å²) in [6.07, 6.45) is 0. The number of methoxy groups -OCH3 is 1. The molecule has 0 aliphatic heterocycles. The monoisotopic (exact) mass is 263 g/mol. The maximum absolute atomic E-state index is 13.8. The van der Waals surface area contributed by atoms with Gasteiger partial charge in [0.25, 0.3) is 0 Å². The van der Waals surface area contributed by atoms with Gasteiger partial charge in [0.15, 0.2) is 11.6 Å². The van der Waals surface area contributed by atoms with Crippen molar-refractivity contribution < 1.29 is 13.5 Å². The third kappa shape index (κ3) is 2.74. The van der Waals surface area contributed by atoms with Crippen LogP contribution in [0.25, 0.3) is 0 Å². The lowest BCUT2D eigenvalue weighted by Crippen LogP contribution is -2.19. The quantitative estimate of drug-likeness (QED) is 0.914. The van der Waals surface area contributed by atoms with E-state index < -0.39 is 11.9 Å². The molecule has 0 aliphatic carbocycles. The molecule has 100 valence electrons. The lowest BCUT2D eigenvalue weighted by atomic mass is 9.98. The van der Waals surface area contributed by atoms with Gasteiger partial charge in [-0.3, -0.25) is 0 Å². The molecule has 1 unspecified atom stereocenters. The lowest BCUT2D eigenvalue weighted by molar-refractivity contribution is 0.386. The zero-order chi connectivity index (χ0) is 13.8. The van der Waals surface area contributed by atoms with Crippen LogP contribution in [0.2, 0.25) is 0 Å². The Morgan fingerprint density at radius 2 is 1.79 bits per heavy atom. The van der Waals surface area contributed by atoms with Gasteiger partial charge in [0.2, 0.25) is 0 Å². The van der Waals surface area contributed by atoms with Crippen molar-refractivity contribution in [3.8, 4) is 5.75 Å². The van der Waals surface area contributed by atoms with Crippen LogP contribution in [-0.2, 0) is 0 Å². The van der Waals surface area contributed by atoms with Gasteiger partial charge in [-0.1, -0.05) is 24.3 Å². The fourth-order valence-corrected chi connectivity index (χ4v) is 2.07. The molecule has 2 nitrogen and oxygen atoms in total. The number of ether oxygens (including phenoxy) is 1. The summed E-state index contributed by atoms with van der Waals surface area (Å²) >= 11 is 0. The topological polar surface area (TPSA) is 21.3 Å². The van der Waals surface area contributed by atoms with Crippen LogP contribution in [0.1, 0.15) is 17.2 Å². The van der Waals surface area contributed by atoms with Crippen molar-refractivity contribution in [3.05, 3.63) is 65.2 Å². The Hall–Kier alpha value is -1.94. The highest BCUT2D eigenvalue weighted by Crippen LogP contribution is 2.27. The second-order valence-corrected chi connectivity index (χ2v) is 4.14. The van der Waals surface area contributed by atoms with Crippen molar-refractivity contribution in [1.82, 2.24) is 5.32 Å². The van der Waals surface area contributed by atoms with Gasteiger partial charge < -0.3 is 10.1 Å². The zero-order valence-corrected chi connectivity index (χ0v) is 10.8. The van der Waals surface area contributed by atoms with E-state index in [1.165, 1.54) is 25.3 Å². The van der Waals surface area contributed by atoms with E-state index in [9.17, 15) is 8.78 Å². The van der Waals surface area contributed by atoms with Crippen molar-refractivity contribution in [2.45, 2.75) is 6.04 Å². The van der Waals surface area contributed by atoms with Crippen LogP contribution >= 0.6 is 0 Å². The second-order valence-electron chi connectivity index (χ2n) is 4.14. The predicted molar refractivity (Wildman–Crippen MR) is 70.3 cm³/mol. The number of halogens is 2. The van der Waals surface area contributed by atoms with E-state index in [0.29, 0.717) is 11.1 Å². The third-order valence-electron chi connectivity index (χ3n) is 3.01. The molecule has 1 N–H and O–H groups in total. The van der Waals surface area contributed by atoms with Crippen LogP contribution in [-0.4, -0.2) is 14.2 Å². The predicted octanol–water partition coefficient (Wildman–Crippen LogP) is 3.28. The molecule has 0 spiro atoms. The summed E-state index contributed by atoms with van der Waals surface area (Å²) in [6.45, 7) is 0. The molecule has 0 fully saturated rings. The maximum atomic E-state index is 13.8. The summed E-state index contributed by atoms with van der Waals surface area (Å²) in [4.78, 5) is 0. The molecule has 0 amide bonds. The molecule has 19 heavy (non-hydrogen) atoms. The zero-order valence-electron chi connectivity index (χ0n) is 10.8. The van der Waals surface area contributed by atoms with Gasteiger partial charge >= 0.3 is 0 Å². The van der Waals surface area contributed by atoms with Gasteiger partial charge in [-0.05, 0) is 30.8 Å². The largest absolute Gasteiger partial charge is 0.494 e. The molecule has 0 bridgehead atoms. The lowest BCUT2D eigenvalue weighted by Gasteiger charge is -2.18. The van der Waals surface area contributed by atoms with Crippen molar-refractivity contribution in [2.24, 2.45) is 0 Å². The highest BCUT2D eigenvalue weighted by molar-refractivity contribution is 5.37. The Bertz CT molecular complexity index is 572. The number of hydrogen-bond acceptors (Lipinski definition) is 2. The Morgan fingerprint density at radius 3 is 2.37 bits per heavy atom. The van der Waals surface area contributed by atoms with E-state index in [0.717, 1.165) is 0 Å². The first kappa shape index (κ1) is 13.5. The van der Waals surface area contributed by atoms with Gasteiger partial charge in [0.1, 0.15) is 5.82 Å². The summed E-state index contributed by atoms with van der Waals surface area (Å²) in [7, 11) is 3.11. The van der Waals surface area contributed by atoms with Crippen LogP contribution in [0, 0.1) is 11.6 Å². The molecule has 2 rings (SSSR count). The molecule has 0 heterocycles. The Kier molecular flexibility index (Phi) is 4.12. The first-order chi connectivity index (χ1) is 9.17. The van der Waals surface area contributed by atoms with Gasteiger partial charge in [-0.2, -0.15) is 0 Å². The highest BCUT2D eigenvalue weighted by atomic mass is 19.1. The van der Waals surface area contributed by atoms with Crippen LogP contribution in [0.15, 0.2) is 42.5 Å². The third-order valence-corrected chi connectivity index (χ3v) is 3.01. The summed E-state index contributed by atoms with van der Waals surface area (Å²) < 4.78 is 32.4. The second kappa shape index (κ2) is 5.80. The van der Waals surface area contributed by atoms with Crippen molar-refractivity contribution in [2.75, 3.05) is 14.2 Å². The fraction of sp³-hybridized carbons (Fsp3) is 0.200. The molecule has 1 atom stereocenters. The van der Waals surface area contributed by atoms with E-state index in [4.69, 9.17) is 4.74 Å². The van der Waals surface area contributed by atoms with E-state index in [1.54, 1.807) is 31.3 Å². The van der Waals surface area contributed by atoms with Crippen LogP contribution in [0.3, 0.4) is 0 Å². The van der Waals surface area contributed by atoms with Crippen LogP contribution < -0.4 is 10.1 Å². The number of rotatable bonds is 4. The van der Waals surface area contributed by atoms with Crippen molar-refractivity contribution in [3.63, 3.8) is 0 Å². The molecule has 0 aliphatic rings. The Labute approximate surface area is 111 Å². The summed E-state index contributed by atoms with van der Waals surface area (Å²) in [6, 6.07) is 10.7. The average Bonchev–Trinajstić information content (AvgIpc) is 2.42. The molecule has 2 aromatic carbocycles. The van der Waals surface area contributed by atoms with Crippen molar-refractivity contribution >= 4 is 0 Å². The van der Waals surface area contributed by atoms with Gasteiger partial charge in [-0.25, -0.2) is 8.78 Å². The Morgan fingerprint density at radius 1 is 1.05 bits per heavy atom. The van der Waals surface area contributed by atoms with Gasteiger partial charge in [0, 0.05) is 5.56 Å². The van der Waals surface area contributed by atoms with E-state index in [2.05, 4.69) is 5.32 Å². The first-order valence-electron chi connectivity index (χ1n) is 5.92. The normalized spacial score (nSPS) is 12.2. The van der Waals surface area contributed by atoms with E-state index >= 15 is 0 Å². The summed E-state index contributed by atoms with van der Waals surface area (Å²) in [5, 5.41) is 2.99. The smallest absolute Gasteiger partial charge is 0.165 e. The van der Waals surface area contributed by atoms with Gasteiger partial charge in [0.05, 0.1) is 13.2 Å². The molecule has 0 saturated carbocycles.